The molecule has 0 radical (unpaired) electrons. The van der Waals surface area contributed by atoms with E-state index in [0.717, 1.165) is 33.3 Å². The molecule has 6 heteroatoms. The van der Waals surface area contributed by atoms with E-state index in [4.69, 9.17) is 14.5 Å². The molecule has 5 rings (SSSR count). The van der Waals surface area contributed by atoms with Gasteiger partial charge in [-0.3, -0.25) is 4.79 Å². The monoisotopic (exact) mass is 423 g/mol. The van der Waals surface area contributed by atoms with Gasteiger partial charge in [0.1, 0.15) is 5.75 Å². The van der Waals surface area contributed by atoms with E-state index < -0.39 is 6.23 Å². The van der Waals surface area contributed by atoms with Crippen LogP contribution in [0.1, 0.15) is 24.3 Å². The maximum Gasteiger partial charge on any atom is 0.243 e. The molecule has 0 saturated heterocycles. The second-order valence-corrected chi connectivity index (χ2v) is 7.45. The minimum atomic E-state index is -0.705. The highest BCUT2D eigenvalue weighted by Crippen LogP contribution is 2.36. The predicted molar refractivity (Wildman–Crippen MR) is 123 cm³/mol. The van der Waals surface area contributed by atoms with Crippen LogP contribution in [0.5, 0.6) is 5.75 Å². The van der Waals surface area contributed by atoms with Crippen molar-refractivity contribution in [2.45, 2.75) is 13.2 Å². The Morgan fingerprint density at radius 3 is 2.47 bits per heavy atom. The van der Waals surface area contributed by atoms with Crippen molar-refractivity contribution in [2.24, 2.45) is 5.10 Å². The van der Waals surface area contributed by atoms with Gasteiger partial charge in [0.15, 0.2) is 0 Å². The van der Waals surface area contributed by atoms with Gasteiger partial charge < -0.3 is 9.47 Å². The smallest absolute Gasteiger partial charge is 0.243 e. The summed E-state index contributed by atoms with van der Waals surface area (Å²) in [4.78, 5) is 17.4. The number of rotatable bonds is 4. The number of aromatic nitrogens is 1. The van der Waals surface area contributed by atoms with Gasteiger partial charge in [0.25, 0.3) is 0 Å². The van der Waals surface area contributed by atoms with Crippen LogP contribution in [-0.4, -0.2) is 28.9 Å². The van der Waals surface area contributed by atoms with E-state index in [1.54, 1.807) is 7.11 Å². The zero-order valence-corrected chi connectivity index (χ0v) is 17.7. The third-order valence-electron chi connectivity index (χ3n) is 5.37. The maximum atomic E-state index is 12.5. The summed E-state index contributed by atoms with van der Waals surface area (Å²) in [6, 6.07) is 27.2. The zero-order valence-electron chi connectivity index (χ0n) is 17.7. The molecule has 1 amide bonds. The quantitative estimate of drug-likeness (QED) is 0.455. The fourth-order valence-corrected chi connectivity index (χ4v) is 3.81. The molecule has 0 fully saturated rings. The van der Waals surface area contributed by atoms with E-state index >= 15 is 0 Å². The van der Waals surface area contributed by atoms with Crippen molar-refractivity contribution in [1.29, 1.82) is 0 Å². The van der Waals surface area contributed by atoms with Crippen molar-refractivity contribution in [3.63, 3.8) is 0 Å². The number of hydrogen-bond donors (Lipinski definition) is 0. The summed E-state index contributed by atoms with van der Waals surface area (Å²) in [5.74, 6) is 0.841. The van der Waals surface area contributed by atoms with Gasteiger partial charge in [-0.1, -0.05) is 54.6 Å². The van der Waals surface area contributed by atoms with Gasteiger partial charge in [-0.15, -0.1) is 5.10 Å². The molecule has 0 spiro atoms. The minimum absolute atomic E-state index is 0.213. The van der Waals surface area contributed by atoms with Crippen LogP contribution in [0.25, 0.3) is 22.2 Å². The lowest BCUT2D eigenvalue weighted by atomic mass is 10.0. The number of benzene rings is 3. The van der Waals surface area contributed by atoms with Crippen LogP contribution in [0.15, 0.2) is 90.0 Å². The van der Waals surface area contributed by atoms with Crippen molar-refractivity contribution in [2.75, 3.05) is 7.11 Å². The summed E-state index contributed by atoms with van der Waals surface area (Å²) in [6.07, 6.45) is -0.705. The largest absolute Gasteiger partial charge is 0.497 e. The van der Waals surface area contributed by atoms with E-state index in [-0.39, 0.29) is 5.91 Å². The van der Waals surface area contributed by atoms with Gasteiger partial charge in [0.05, 0.1) is 18.3 Å². The first-order valence-corrected chi connectivity index (χ1v) is 10.3. The molecule has 0 unspecified atom stereocenters. The number of methoxy groups -OCH3 is 1. The molecule has 0 N–H and O–H groups in total. The van der Waals surface area contributed by atoms with E-state index in [0.29, 0.717) is 11.6 Å². The second kappa shape index (κ2) is 8.15. The summed E-state index contributed by atoms with van der Waals surface area (Å²) in [5, 5.41) is 6.79. The summed E-state index contributed by atoms with van der Waals surface area (Å²) in [6.45, 7) is 1.48. The van der Waals surface area contributed by atoms with Gasteiger partial charge in [-0.25, -0.2) is 4.98 Å². The Bertz CT molecular complexity index is 1330. The molecule has 32 heavy (non-hydrogen) atoms. The van der Waals surface area contributed by atoms with E-state index in [9.17, 15) is 4.79 Å². The number of hydrogen-bond acceptors (Lipinski definition) is 5. The molecule has 6 nitrogen and oxygen atoms in total. The normalized spacial score (nSPS) is 15.4. The van der Waals surface area contributed by atoms with Gasteiger partial charge >= 0.3 is 0 Å². The van der Waals surface area contributed by atoms with Crippen molar-refractivity contribution in [1.82, 2.24) is 9.99 Å². The average molecular weight is 423 g/mol. The molecule has 1 aliphatic rings. The average Bonchev–Trinajstić information content (AvgIpc) is 3.30. The fraction of sp³-hybridized carbons (Fsp3) is 0.115. The Kier molecular flexibility index (Phi) is 5.03. The lowest BCUT2D eigenvalue weighted by molar-refractivity contribution is -0.135. The zero-order chi connectivity index (χ0) is 22.1. The third-order valence-corrected chi connectivity index (χ3v) is 5.37. The van der Waals surface area contributed by atoms with E-state index in [1.807, 2.05) is 84.9 Å². The lowest BCUT2D eigenvalue weighted by Crippen LogP contribution is -2.25. The highest BCUT2D eigenvalue weighted by Gasteiger charge is 2.34. The lowest BCUT2D eigenvalue weighted by Gasteiger charge is -2.21. The Labute approximate surface area is 185 Å². The van der Waals surface area contributed by atoms with Gasteiger partial charge in [-0.05, 0) is 30.3 Å². The highest BCUT2D eigenvalue weighted by molar-refractivity contribution is 5.97. The van der Waals surface area contributed by atoms with Crippen molar-refractivity contribution < 1.29 is 14.3 Å². The van der Waals surface area contributed by atoms with Crippen LogP contribution < -0.4 is 4.74 Å². The molecule has 1 aromatic heterocycles. The van der Waals surface area contributed by atoms with Crippen LogP contribution in [0.3, 0.4) is 0 Å². The molecule has 0 saturated carbocycles. The molecule has 158 valence electrons. The number of fused-ring (bicyclic) bond motifs is 1. The molecule has 3 aromatic carbocycles. The number of para-hydroxylation sites is 1. The van der Waals surface area contributed by atoms with Gasteiger partial charge in [-0.2, -0.15) is 5.01 Å². The Hall–Kier alpha value is -4.19. The number of hydrazone groups is 1. The molecule has 0 aliphatic carbocycles. The van der Waals surface area contributed by atoms with Crippen LogP contribution in [0.2, 0.25) is 0 Å². The maximum absolute atomic E-state index is 12.5. The summed E-state index contributed by atoms with van der Waals surface area (Å²) < 4.78 is 11.6. The second-order valence-electron chi connectivity index (χ2n) is 7.45. The van der Waals surface area contributed by atoms with Crippen molar-refractivity contribution in [3.8, 4) is 17.0 Å². The first-order chi connectivity index (χ1) is 15.6. The highest BCUT2D eigenvalue weighted by atomic mass is 16.5. The minimum Gasteiger partial charge on any atom is -0.497 e. The molecule has 4 aromatic rings. The van der Waals surface area contributed by atoms with Gasteiger partial charge in [0, 0.05) is 29.0 Å². The molecule has 0 bridgehead atoms. The first kappa shape index (κ1) is 19.8. The SMILES string of the molecule is COc1cccc(C2=NN(C(C)=O)[C@@H](c3cc(-c4ccccc4)nc4ccccc34)O2)c1. The molecular formula is C26H21N3O3. The number of carbonyl (C=O) groups excluding carboxylic acids is 1. The number of ether oxygens (including phenoxy) is 2. The standard InChI is InChI=1S/C26H21N3O3/c1-17(30)29-26(32-25(28-29)19-11-8-12-20(15-19)31-2)22-16-24(18-9-4-3-5-10-18)27-23-14-7-6-13-21(22)23/h3-16,26H,1-2H3/t26-/m1/s1. The van der Waals surface area contributed by atoms with Crippen LogP contribution in [0, 0.1) is 0 Å². The molecular weight excluding hydrogens is 402 g/mol. The number of pyridine rings is 1. The van der Waals surface area contributed by atoms with Crippen LogP contribution in [-0.2, 0) is 9.53 Å². The number of amides is 1. The third kappa shape index (κ3) is 3.56. The summed E-state index contributed by atoms with van der Waals surface area (Å²) in [5.41, 5.74) is 4.18. The van der Waals surface area contributed by atoms with Crippen LogP contribution in [0.4, 0.5) is 0 Å². The molecule has 1 aliphatic heterocycles. The Balaban J connectivity index is 1.63. The summed E-state index contributed by atoms with van der Waals surface area (Å²) in [7, 11) is 1.61. The van der Waals surface area contributed by atoms with Gasteiger partial charge in [0.2, 0.25) is 18.0 Å². The molecule has 2 heterocycles. The number of carbonyl (C=O) groups is 1. The predicted octanol–water partition coefficient (Wildman–Crippen LogP) is 5.15. The van der Waals surface area contributed by atoms with E-state index in [1.165, 1.54) is 11.9 Å². The summed E-state index contributed by atoms with van der Waals surface area (Å²) >= 11 is 0. The van der Waals surface area contributed by atoms with E-state index in [2.05, 4.69) is 5.10 Å². The topological polar surface area (TPSA) is 64.0 Å². The van der Waals surface area contributed by atoms with Crippen molar-refractivity contribution >= 4 is 22.7 Å². The first-order valence-electron chi connectivity index (χ1n) is 10.3. The molecule has 1 atom stereocenters. The number of nitrogens with zero attached hydrogens (tertiary/aromatic N) is 3. The Morgan fingerprint density at radius 1 is 0.938 bits per heavy atom. The fourth-order valence-electron chi connectivity index (χ4n) is 3.81. The van der Waals surface area contributed by atoms with Crippen molar-refractivity contribution in [3.05, 3.63) is 96.1 Å². The van der Waals surface area contributed by atoms with Crippen LogP contribution >= 0.6 is 0 Å². The Morgan fingerprint density at radius 2 is 1.69 bits per heavy atom.